The van der Waals surface area contributed by atoms with Gasteiger partial charge in [0.05, 0.1) is 12.0 Å². The highest BCUT2D eigenvalue weighted by Crippen LogP contribution is 2.26. The highest BCUT2D eigenvalue weighted by atomic mass is 32.1. The minimum atomic E-state index is -0.703. The van der Waals surface area contributed by atoms with Gasteiger partial charge in [0.2, 0.25) is 0 Å². The maximum absolute atomic E-state index is 10.7. The molecule has 1 N–H and O–H groups in total. The summed E-state index contributed by atoms with van der Waals surface area (Å²) >= 11 is 1.58. The molecule has 0 radical (unpaired) electrons. The summed E-state index contributed by atoms with van der Waals surface area (Å²) in [6.45, 7) is 2.58. The van der Waals surface area contributed by atoms with Crippen molar-refractivity contribution >= 4 is 17.3 Å². The molecule has 1 unspecified atom stereocenters. The van der Waals surface area contributed by atoms with E-state index >= 15 is 0 Å². The van der Waals surface area contributed by atoms with E-state index in [1.807, 2.05) is 17.5 Å². The minimum absolute atomic E-state index is 0.269. The second-order valence-corrected chi connectivity index (χ2v) is 5.97. The summed E-state index contributed by atoms with van der Waals surface area (Å²) < 4.78 is 5.33. The highest BCUT2D eigenvalue weighted by Gasteiger charge is 2.25. The lowest BCUT2D eigenvalue weighted by molar-refractivity contribution is -0.138. The lowest BCUT2D eigenvalue weighted by Crippen LogP contribution is -2.21. The highest BCUT2D eigenvalue weighted by molar-refractivity contribution is 7.13. The molecule has 5 nitrogen and oxygen atoms in total. The summed E-state index contributed by atoms with van der Waals surface area (Å²) in [7, 11) is 0. The van der Waals surface area contributed by atoms with Crippen LogP contribution in [0, 0.1) is 5.92 Å². The number of nitrogens with zero attached hydrogens (tertiary/aromatic N) is 2. The summed E-state index contributed by atoms with van der Waals surface area (Å²) in [4.78, 5) is 17.6. The predicted molar refractivity (Wildman–Crippen MR) is 75.5 cm³/mol. The van der Waals surface area contributed by atoms with E-state index in [0.29, 0.717) is 0 Å². The van der Waals surface area contributed by atoms with Crippen LogP contribution in [0.1, 0.15) is 18.5 Å². The van der Waals surface area contributed by atoms with Crippen LogP contribution in [0.4, 0.5) is 0 Å². The first-order chi connectivity index (χ1) is 9.70. The fraction of sp³-hybridized carbons (Fsp3) is 0.429. The Bertz CT molecular complexity index is 579. The van der Waals surface area contributed by atoms with Gasteiger partial charge in [0.1, 0.15) is 0 Å². The first kappa shape index (κ1) is 13.3. The smallest absolute Gasteiger partial charge is 0.303 e. The van der Waals surface area contributed by atoms with E-state index in [4.69, 9.17) is 9.52 Å². The molecule has 2 aromatic rings. The molecule has 1 aliphatic heterocycles. The van der Waals surface area contributed by atoms with Gasteiger partial charge in [-0.25, -0.2) is 4.98 Å². The Balaban J connectivity index is 1.58. The second-order valence-electron chi connectivity index (χ2n) is 5.11. The standard InChI is InChI=1S/C14H16N2O3S/c17-13(18)6-10-3-4-16(7-10)8-11-9-20-14(15-11)12-2-1-5-19-12/h1-2,5,9-10H,3-4,6-8H2,(H,17,18). The van der Waals surface area contributed by atoms with Crippen molar-refractivity contribution in [1.82, 2.24) is 9.88 Å². The van der Waals surface area contributed by atoms with Gasteiger partial charge in [0.25, 0.3) is 0 Å². The van der Waals surface area contributed by atoms with Crippen LogP contribution >= 0.6 is 11.3 Å². The van der Waals surface area contributed by atoms with Gasteiger partial charge in [-0.1, -0.05) is 0 Å². The van der Waals surface area contributed by atoms with Gasteiger partial charge in [0.15, 0.2) is 10.8 Å². The zero-order valence-electron chi connectivity index (χ0n) is 11.0. The van der Waals surface area contributed by atoms with E-state index in [2.05, 4.69) is 9.88 Å². The summed E-state index contributed by atoms with van der Waals surface area (Å²) in [5, 5.41) is 11.8. The number of rotatable bonds is 5. The van der Waals surface area contributed by atoms with Gasteiger partial charge in [-0.3, -0.25) is 9.69 Å². The molecule has 0 bridgehead atoms. The monoisotopic (exact) mass is 292 g/mol. The van der Waals surface area contributed by atoms with Gasteiger partial charge in [-0.05, 0) is 31.0 Å². The Morgan fingerprint density at radius 3 is 3.25 bits per heavy atom. The van der Waals surface area contributed by atoms with E-state index < -0.39 is 5.97 Å². The fourth-order valence-electron chi connectivity index (χ4n) is 2.59. The molecule has 3 rings (SSSR count). The molecule has 6 heteroatoms. The first-order valence-electron chi connectivity index (χ1n) is 6.63. The van der Waals surface area contributed by atoms with Crippen LogP contribution in [-0.2, 0) is 11.3 Å². The maximum Gasteiger partial charge on any atom is 0.303 e. The number of carboxylic acids is 1. The molecule has 0 aliphatic carbocycles. The largest absolute Gasteiger partial charge is 0.481 e. The lowest BCUT2D eigenvalue weighted by atomic mass is 10.1. The molecular formula is C14H16N2O3S. The number of hydrogen-bond acceptors (Lipinski definition) is 5. The van der Waals surface area contributed by atoms with Crippen molar-refractivity contribution < 1.29 is 14.3 Å². The molecule has 1 aliphatic rings. The molecular weight excluding hydrogens is 276 g/mol. The lowest BCUT2D eigenvalue weighted by Gasteiger charge is -2.13. The van der Waals surface area contributed by atoms with E-state index in [-0.39, 0.29) is 12.3 Å². The van der Waals surface area contributed by atoms with E-state index in [0.717, 1.165) is 42.5 Å². The fourth-order valence-corrected chi connectivity index (χ4v) is 3.37. The van der Waals surface area contributed by atoms with E-state index in [9.17, 15) is 4.79 Å². The molecule has 1 saturated heterocycles. The summed E-state index contributed by atoms with van der Waals surface area (Å²) in [6, 6.07) is 3.76. The van der Waals surface area contributed by atoms with E-state index in [1.165, 1.54) is 0 Å². The van der Waals surface area contributed by atoms with Gasteiger partial charge in [-0.15, -0.1) is 11.3 Å². The van der Waals surface area contributed by atoms with Gasteiger partial charge in [0, 0.05) is 24.9 Å². The van der Waals surface area contributed by atoms with Crippen LogP contribution in [0.5, 0.6) is 0 Å². The average Bonchev–Trinajstić information content (AvgIpc) is 3.09. The second kappa shape index (κ2) is 5.76. The minimum Gasteiger partial charge on any atom is -0.481 e. The van der Waals surface area contributed by atoms with Crippen LogP contribution < -0.4 is 0 Å². The molecule has 106 valence electrons. The van der Waals surface area contributed by atoms with Gasteiger partial charge < -0.3 is 9.52 Å². The summed E-state index contributed by atoms with van der Waals surface area (Å²) in [5.74, 6) is 0.368. The maximum atomic E-state index is 10.7. The normalized spacial score (nSPS) is 19.5. The van der Waals surface area contributed by atoms with Crippen LogP contribution in [0.3, 0.4) is 0 Å². The van der Waals surface area contributed by atoms with Crippen LogP contribution in [0.15, 0.2) is 28.2 Å². The number of hydrogen-bond donors (Lipinski definition) is 1. The number of aliphatic carboxylic acids is 1. The molecule has 0 amide bonds. The molecule has 0 aromatic carbocycles. The molecule has 1 atom stereocenters. The van der Waals surface area contributed by atoms with Crippen LogP contribution in [-0.4, -0.2) is 34.0 Å². The molecule has 0 saturated carbocycles. The number of furan rings is 1. The van der Waals surface area contributed by atoms with Crippen molar-refractivity contribution in [3.63, 3.8) is 0 Å². The van der Waals surface area contributed by atoms with Crippen molar-refractivity contribution in [2.24, 2.45) is 5.92 Å². The Morgan fingerprint density at radius 2 is 2.50 bits per heavy atom. The van der Waals surface area contributed by atoms with Gasteiger partial charge in [-0.2, -0.15) is 0 Å². The number of thiazole rings is 1. The zero-order valence-corrected chi connectivity index (χ0v) is 11.8. The Labute approximate surface area is 120 Å². The third-order valence-corrected chi connectivity index (χ3v) is 4.41. The van der Waals surface area contributed by atoms with Crippen molar-refractivity contribution in [2.75, 3.05) is 13.1 Å². The van der Waals surface area contributed by atoms with Crippen LogP contribution in [0.2, 0.25) is 0 Å². The predicted octanol–water partition coefficient (Wildman–Crippen LogP) is 2.70. The first-order valence-corrected chi connectivity index (χ1v) is 7.51. The Hall–Kier alpha value is -1.66. The number of aromatic nitrogens is 1. The zero-order chi connectivity index (χ0) is 13.9. The molecule has 0 spiro atoms. The SMILES string of the molecule is O=C(O)CC1CCN(Cc2csc(-c3ccco3)n2)C1. The average molecular weight is 292 g/mol. The van der Waals surface area contributed by atoms with Crippen molar-refractivity contribution in [2.45, 2.75) is 19.4 Å². The molecule has 2 aromatic heterocycles. The number of likely N-dealkylation sites (tertiary alicyclic amines) is 1. The third kappa shape index (κ3) is 3.08. The molecule has 20 heavy (non-hydrogen) atoms. The van der Waals surface area contributed by atoms with Crippen molar-refractivity contribution in [3.05, 3.63) is 29.5 Å². The quantitative estimate of drug-likeness (QED) is 0.917. The van der Waals surface area contributed by atoms with Crippen molar-refractivity contribution in [1.29, 1.82) is 0 Å². The third-order valence-electron chi connectivity index (χ3n) is 3.50. The molecule has 1 fully saturated rings. The van der Waals surface area contributed by atoms with Crippen LogP contribution in [0.25, 0.3) is 10.8 Å². The number of carboxylic acid groups (broad SMARTS) is 1. The Morgan fingerprint density at radius 1 is 1.60 bits per heavy atom. The summed E-state index contributed by atoms with van der Waals surface area (Å²) in [5.41, 5.74) is 1.03. The van der Waals surface area contributed by atoms with Gasteiger partial charge >= 0.3 is 5.97 Å². The van der Waals surface area contributed by atoms with Crippen molar-refractivity contribution in [3.8, 4) is 10.8 Å². The molecule has 3 heterocycles. The topological polar surface area (TPSA) is 66.6 Å². The van der Waals surface area contributed by atoms with E-state index in [1.54, 1.807) is 17.6 Å². The number of carbonyl (C=O) groups is 1. The summed E-state index contributed by atoms with van der Waals surface area (Å²) in [6.07, 6.45) is 2.88. The Kier molecular flexibility index (Phi) is 3.84.